The molecule has 0 aromatic carbocycles. The van der Waals surface area contributed by atoms with Crippen molar-refractivity contribution in [1.29, 1.82) is 0 Å². The fourth-order valence-electron chi connectivity index (χ4n) is 0.676. The van der Waals surface area contributed by atoms with E-state index in [4.69, 9.17) is 9.47 Å². The van der Waals surface area contributed by atoms with Gasteiger partial charge in [-0.3, -0.25) is 0 Å². The molecule has 2 heteroatoms. The third kappa shape index (κ3) is 6.05. The summed E-state index contributed by atoms with van der Waals surface area (Å²) in [6, 6.07) is 0. The van der Waals surface area contributed by atoms with Gasteiger partial charge in [-0.05, 0) is 20.3 Å². The van der Waals surface area contributed by atoms with Gasteiger partial charge >= 0.3 is 0 Å². The van der Waals surface area contributed by atoms with Gasteiger partial charge in [0.2, 0.25) is 0 Å². The van der Waals surface area contributed by atoms with Gasteiger partial charge in [-0.2, -0.15) is 0 Å². The molecule has 0 aromatic heterocycles. The van der Waals surface area contributed by atoms with E-state index in [1.54, 1.807) is 0 Å². The summed E-state index contributed by atoms with van der Waals surface area (Å²) in [4.78, 5) is 0. The van der Waals surface area contributed by atoms with Crippen LogP contribution in [-0.4, -0.2) is 19.5 Å². The summed E-state index contributed by atoms with van der Waals surface area (Å²) in [7, 11) is 0. The SMILES string of the molecule is CCCCO[C@H](C)OCC. The average molecular weight is 146 g/mol. The van der Waals surface area contributed by atoms with Gasteiger partial charge in [-0.15, -0.1) is 0 Å². The minimum atomic E-state index is -0.0310. The molecular formula is C8H18O2. The Morgan fingerprint density at radius 3 is 2.40 bits per heavy atom. The second kappa shape index (κ2) is 7.03. The summed E-state index contributed by atoms with van der Waals surface area (Å²) in [6.07, 6.45) is 2.27. The molecule has 0 amide bonds. The Balaban J connectivity index is 2.97. The molecule has 0 heterocycles. The third-order valence-corrected chi connectivity index (χ3v) is 1.25. The molecule has 0 aliphatic heterocycles. The van der Waals surface area contributed by atoms with Crippen molar-refractivity contribution in [3.8, 4) is 0 Å². The third-order valence-electron chi connectivity index (χ3n) is 1.25. The van der Waals surface area contributed by atoms with Crippen molar-refractivity contribution in [3.63, 3.8) is 0 Å². The van der Waals surface area contributed by atoms with E-state index >= 15 is 0 Å². The molecular weight excluding hydrogens is 128 g/mol. The van der Waals surface area contributed by atoms with E-state index in [9.17, 15) is 0 Å². The van der Waals surface area contributed by atoms with Crippen molar-refractivity contribution in [2.45, 2.75) is 39.9 Å². The van der Waals surface area contributed by atoms with Gasteiger partial charge in [0.25, 0.3) is 0 Å². The van der Waals surface area contributed by atoms with Gasteiger partial charge in [0.15, 0.2) is 6.29 Å². The average Bonchev–Trinajstić information content (AvgIpc) is 1.89. The van der Waals surface area contributed by atoms with Crippen LogP contribution in [0.15, 0.2) is 0 Å². The molecule has 0 saturated heterocycles. The fourth-order valence-corrected chi connectivity index (χ4v) is 0.676. The topological polar surface area (TPSA) is 18.5 Å². The molecule has 0 radical (unpaired) electrons. The van der Waals surface area contributed by atoms with Crippen molar-refractivity contribution < 1.29 is 9.47 Å². The molecule has 62 valence electrons. The Labute approximate surface area is 63.5 Å². The van der Waals surface area contributed by atoms with Crippen LogP contribution >= 0.6 is 0 Å². The zero-order chi connectivity index (χ0) is 7.82. The highest BCUT2D eigenvalue weighted by Crippen LogP contribution is 1.95. The summed E-state index contributed by atoms with van der Waals surface area (Å²) in [5.41, 5.74) is 0. The normalized spacial score (nSPS) is 13.5. The van der Waals surface area contributed by atoms with Crippen LogP contribution in [0.1, 0.15) is 33.6 Å². The summed E-state index contributed by atoms with van der Waals surface area (Å²) in [5.74, 6) is 0. The van der Waals surface area contributed by atoms with Crippen LogP contribution in [0, 0.1) is 0 Å². The highest BCUT2D eigenvalue weighted by atomic mass is 16.7. The van der Waals surface area contributed by atoms with E-state index in [1.807, 2.05) is 13.8 Å². The lowest BCUT2D eigenvalue weighted by Crippen LogP contribution is -2.13. The molecule has 0 aliphatic rings. The Morgan fingerprint density at radius 2 is 1.90 bits per heavy atom. The summed E-state index contributed by atoms with van der Waals surface area (Å²) in [6.45, 7) is 7.60. The van der Waals surface area contributed by atoms with Gasteiger partial charge in [0, 0.05) is 13.2 Å². The number of hydrogen-bond acceptors (Lipinski definition) is 2. The molecule has 2 nitrogen and oxygen atoms in total. The van der Waals surface area contributed by atoms with E-state index in [0.717, 1.165) is 19.6 Å². The molecule has 10 heavy (non-hydrogen) atoms. The van der Waals surface area contributed by atoms with E-state index in [2.05, 4.69) is 6.92 Å². The first-order valence-electron chi connectivity index (χ1n) is 4.04. The van der Waals surface area contributed by atoms with Gasteiger partial charge < -0.3 is 9.47 Å². The molecule has 0 fully saturated rings. The molecule has 0 aliphatic carbocycles. The molecule has 1 atom stereocenters. The molecule has 0 N–H and O–H groups in total. The molecule has 0 aromatic rings. The number of hydrogen-bond donors (Lipinski definition) is 0. The molecule has 0 unspecified atom stereocenters. The summed E-state index contributed by atoms with van der Waals surface area (Å²) >= 11 is 0. The Bertz CT molecular complexity index is 64.3. The van der Waals surface area contributed by atoms with Crippen molar-refractivity contribution >= 4 is 0 Å². The second-order valence-corrected chi connectivity index (χ2v) is 2.25. The van der Waals surface area contributed by atoms with E-state index in [-0.39, 0.29) is 6.29 Å². The maximum Gasteiger partial charge on any atom is 0.154 e. The minimum Gasteiger partial charge on any atom is -0.353 e. The first-order chi connectivity index (χ1) is 4.81. The predicted octanol–water partition coefficient (Wildman–Crippen LogP) is 2.19. The summed E-state index contributed by atoms with van der Waals surface area (Å²) in [5, 5.41) is 0. The zero-order valence-electron chi connectivity index (χ0n) is 7.22. The van der Waals surface area contributed by atoms with Gasteiger partial charge in [-0.1, -0.05) is 13.3 Å². The van der Waals surface area contributed by atoms with Gasteiger partial charge in [0.05, 0.1) is 0 Å². The first kappa shape index (κ1) is 9.92. The van der Waals surface area contributed by atoms with Crippen LogP contribution in [0.5, 0.6) is 0 Å². The molecule has 0 spiro atoms. The van der Waals surface area contributed by atoms with Crippen LogP contribution in [0.3, 0.4) is 0 Å². The smallest absolute Gasteiger partial charge is 0.154 e. The molecule has 0 saturated carbocycles. The highest BCUT2D eigenvalue weighted by Gasteiger charge is 1.97. The lowest BCUT2D eigenvalue weighted by atomic mass is 10.4. The molecule has 0 rings (SSSR count). The van der Waals surface area contributed by atoms with E-state index in [1.165, 1.54) is 6.42 Å². The fraction of sp³-hybridized carbons (Fsp3) is 1.00. The van der Waals surface area contributed by atoms with Crippen LogP contribution in [0.4, 0.5) is 0 Å². The number of rotatable bonds is 6. The van der Waals surface area contributed by atoms with E-state index in [0.29, 0.717) is 0 Å². The van der Waals surface area contributed by atoms with Crippen LogP contribution in [-0.2, 0) is 9.47 Å². The van der Waals surface area contributed by atoms with Crippen LogP contribution in [0.2, 0.25) is 0 Å². The van der Waals surface area contributed by atoms with Crippen molar-refractivity contribution in [1.82, 2.24) is 0 Å². The maximum atomic E-state index is 5.30. The number of ether oxygens (including phenoxy) is 2. The predicted molar refractivity (Wildman–Crippen MR) is 41.9 cm³/mol. The first-order valence-corrected chi connectivity index (χ1v) is 4.04. The quantitative estimate of drug-likeness (QED) is 0.422. The Morgan fingerprint density at radius 1 is 1.20 bits per heavy atom. The standard InChI is InChI=1S/C8H18O2/c1-4-6-7-10-8(3)9-5-2/h8H,4-7H2,1-3H3/t8-/m1/s1. The zero-order valence-corrected chi connectivity index (χ0v) is 7.22. The van der Waals surface area contributed by atoms with Crippen molar-refractivity contribution in [3.05, 3.63) is 0 Å². The Kier molecular flexibility index (Phi) is 6.98. The van der Waals surface area contributed by atoms with Gasteiger partial charge in [-0.25, -0.2) is 0 Å². The van der Waals surface area contributed by atoms with Crippen molar-refractivity contribution in [2.24, 2.45) is 0 Å². The Hall–Kier alpha value is -0.0800. The maximum absolute atomic E-state index is 5.30. The largest absolute Gasteiger partial charge is 0.353 e. The lowest BCUT2D eigenvalue weighted by Gasteiger charge is -2.11. The lowest BCUT2D eigenvalue weighted by molar-refractivity contribution is -0.127. The van der Waals surface area contributed by atoms with E-state index < -0.39 is 0 Å². The highest BCUT2D eigenvalue weighted by molar-refractivity contribution is 4.34. The van der Waals surface area contributed by atoms with Crippen LogP contribution < -0.4 is 0 Å². The van der Waals surface area contributed by atoms with Crippen LogP contribution in [0.25, 0.3) is 0 Å². The number of unbranched alkanes of at least 4 members (excludes halogenated alkanes) is 1. The monoisotopic (exact) mass is 146 g/mol. The minimum absolute atomic E-state index is 0.0310. The molecule has 0 bridgehead atoms. The second-order valence-electron chi connectivity index (χ2n) is 2.25. The summed E-state index contributed by atoms with van der Waals surface area (Å²) < 4.78 is 10.5. The van der Waals surface area contributed by atoms with Crippen molar-refractivity contribution in [2.75, 3.05) is 13.2 Å². The van der Waals surface area contributed by atoms with Gasteiger partial charge in [0.1, 0.15) is 0 Å².